The van der Waals surface area contributed by atoms with Crippen LogP contribution in [-0.4, -0.2) is 81.6 Å². The van der Waals surface area contributed by atoms with Gasteiger partial charge in [-0.1, -0.05) is 36.1 Å². The summed E-state index contributed by atoms with van der Waals surface area (Å²) in [6, 6.07) is 11.6. The molecule has 1 aromatic carbocycles. The van der Waals surface area contributed by atoms with Crippen LogP contribution in [0.2, 0.25) is 0 Å². The Kier molecular flexibility index (Phi) is 7.15. The van der Waals surface area contributed by atoms with Crippen molar-refractivity contribution in [1.82, 2.24) is 19.2 Å². The normalized spacial score (nSPS) is 22.0. The summed E-state index contributed by atoms with van der Waals surface area (Å²) in [5.74, 6) is 1.97. The molecule has 41 heavy (non-hydrogen) atoms. The highest BCUT2D eigenvalue weighted by molar-refractivity contribution is 8.26. The molecular weight excluding hydrogens is 562 g/mol. The van der Waals surface area contributed by atoms with Crippen molar-refractivity contribution in [2.75, 3.05) is 51.0 Å². The van der Waals surface area contributed by atoms with Crippen LogP contribution in [0.25, 0.3) is 11.7 Å². The molecule has 7 rings (SSSR count). The number of benzene rings is 1. The molecule has 1 unspecified atom stereocenters. The van der Waals surface area contributed by atoms with Gasteiger partial charge in [0.2, 0.25) is 6.79 Å². The van der Waals surface area contributed by atoms with E-state index < -0.39 is 0 Å². The monoisotopic (exact) mass is 591 g/mol. The molecule has 0 bridgehead atoms. The first-order valence-electron chi connectivity index (χ1n) is 13.8. The molecule has 0 saturated carbocycles. The van der Waals surface area contributed by atoms with Gasteiger partial charge >= 0.3 is 0 Å². The van der Waals surface area contributed by atoms with E-state index in [2.05, 4.69) is 15.9 Å². The maximum absolute atomic E-state index is 13.8. The molecule has 6 heterocycles. The molecule has 0 aliphatic carbocycles. The van der Waals surface area contributed by atoms with Crippen molar-refractivity contribution < 1.29 is 19.0 Å². The van der Waals surface area contributed by atoms with E-state index in [4.69, 9.17) is 31.4 Å². The molecule has 3 aromatic rings. The van der Waals surface area contributed by atoms with E-state index in [9.17, 15) is 9.59 Å². The molecule has 4 aliphatic rings. The highest BCUT2D eigenvalue weighted by Crippen LogP contribution is 2.35. The quantitative estimate of drug-likeness (QED) is 0.315. The van der Waals surface area contributed by atoms with Crippen molar-refractivity contribution in [3.8, 4) is 11.5 Å². The van der Waals surface area contributed by atoms with Crippen molar-refractivity contribution in [3.05, 3.63) is 69.0 Å². The summed E-state index contributed by atoms with van der Waals surface area (Å²) in [6.07, 6.45) is 5.28. The Balaban J connectivity index is 1.14. The molecule has 3 saturated heterocycles. The van der Waals surface area contributed by atoms with Crippen LogP contribution in [0.1, 0.15) is 24.0 Å². The van der Waals surface area contributed by atoms with Crippen LogP contribution in [-0.2, 0) is 16.1 Å². The van der Waals surface area contributed by atoms with Crippen molar-refractivity contribution in [3.63, 3.8) is 0 Å². The maximum atomic E-state index is 13.8. The van der Waals surface area contributed by atoms with Crippen LogP contribution in [0.3, 0.4) is 0 Å². The number of amides is 1. The van der Waals surface area contributed by atoms with Crippen molar-refractivity contribution in [2.45, 2.75) is 25.5 Å². The number of anilines is 1. The van der Waals surface area contributed by atoms with Gasteiger partial charge in [-0.15, -0.1) is 0 Å². The molecule has 3 fully saturated rings. The molecular formula is C29H29N5O5S2. The number of pyridine rings is 1. The van der Waals surface area contributed by atoms with Gasteiger partial charge in [0.05, 0.1) is 23.1 Å². The number of thioether (sulfide) groups is 1. The van der Waals surface area contributed by atoms with E-state index in [1.165, 1.54) is 16.2 Å². The van der Waals surface area contributed by atoms with Crippen LogP contribution in [0, 0.1) is 0 Å². The number of carbonyl (C=O) groups excluding carboxylic acids is 1. The highest BCUT2D eigenvalue weighted by atomic mass is 32.2. The fourth-order valence-electron chi connectivity index (χ4n) is 5.65. The van der Waals surface area contributed by atoms with Gasteiger partial charge in [0.1, 0.15) is 15.8 Å². The number of hydrogen-bond donors (Lipinski definition) is 0. The van der Waals surface area contributed by atoms with E-state index in [0.29, 0.717) is 52.5 Å². The predicted molar refractivity (Wildman–Crippen MR) is 160 cm³/mol. The molecule has 1 atom stereocenters. The average molecular weight is 592 g/mol. The number of fused-ring (bicyclic) bond motifs is 2. The van der Waals surface area contributed by atoms with Gasteiger partial charge in [0.15, 0.2) is 11.5 Å². The lowest BCUT2D eigenvalue weighted by Crippen LogP contribution is -2.47. The Morgan fingerprint density at radius 2 is 1.93 bits per heavy atom. The summed E-state index contributed by atoms with van der Waals surface area (Å²) >= 11 is 6.78. The molecule has 212 valence electrons. The highest BCUT2D eigenvalue weighted by Gasteiger charge is 2.35. The number of hydrogen-bond acceptors (Lipinski definition) is 10. The number of aromatic nitrogens is 2. The fourth-order valence-corrected chi connectivity index (χ4v) is 6.91. The van der Waals surface area contributed by atoms with Crippen LogP contribution in [0.4, 0.5) is 5.82 Å². The standard InChI is InChI=1S/C29H29N5O5S2/c35-27-21(15-24-28(36)34(29(40)41-24)17-20-4-3-13-37-20)26(30-25-5-1-2-8-33(25)27)32-11-9-31(10-12-32)16-19-6-7-22-23(14-19)39-18-38-22/h1-2,5-8,14-15,20H,3-4,9-13,16-18H2/b24-15-. The number of rotatable bonds is 6. The van der Waals surface area contributed by atoms with Gasteiger partial charge in [-0.3, -0.25) is 23.8 Å². The van der Waals surface area contributed by atoms with Gasteiger partial charge < -0.3 is 19.1 Å². The molecule has 0 spiro atoms. The Morgan fingerprint density at radius 1 is 1.07 bits per heavy atom. The summed E-state index contributed by atoms with van der Waals surface area (Å²) in [6.45, 7) is 5.19. The molecule has 12 heteroatoms. The lowest BCUT2D eigenvalue weighted by molar-refractivity contribution is -0.123. The number of carbonyl (C=O) groups is 1. The second-order valence-corrected chi connectivity index (χ2v) is 12.1. The van der Waals surface area contributed by atoms with Gasteiger partial charge in [0, 0.05) is 45.5 Å². The third-order valence-corrected chi connectivity index (χ3v) is 9.20. The lowest BCUT2D eigenvalue weighted by atomic mass is 10.1. The first-order chi connectivity index (χ1) is 20.0. The molecule has 1 amide bonds. The molecule has 10 nitrogen and oxygen atoms in total. The first kappa shape index (κ1) is 26.4. The summed E-state index contributed by atoms with van der Waals surface area (Å²) in [5.41, 5.74) is 1.92. The van der Waals surface area contributed by atoms with Gasteiger partial charge in [-0.2, -0.15) is 0 Å². The van der Waals surface area contributed by atoms with E-state index >= 15 is 0 Å². The fraction of sp³-hybridized carbons (Fsp3) is 0.379. The zero-order valence-electron chi connectivity index (χ0n) is 22.4. The predicted octanol–water partition coefficient (Wildman–Crippen LogP) is 3.13. The molecule has 4 aliphatic heterocycles. The minimum Gasteiger partial charge on any atom is -0.454 e. The Hall–Kier alpha value is -3.45. The molecule has 0 N–H and O–H groups in total. The zero-order chi connectivity index (χ0) is 27.9. The van der Waals surface area contributed by atoms with Crippen molar-refractivity contribution in [1.29, 1.82) is 0 Å². The maximum Gasteiger partial charge on any atom is 0.267 e. The largest absolute Gasteiger partial charge is 0.454 e. The van der Waals surface area contributed by atoms with Gasteiger partial charge in [-0.25, -0.2) is 4.98 Å². The number of thiocarbonyl (C=S) groups is 1. The third-order valence-electron chi connectivity index (χ3n) is 7.82. The van der Waals surface area contributed by atoms with Crippen LogP contribution < -0.4 is 19.9 Å². The number of piperazine rings is 1. The minimum atomic E-state index is -0.210. The Bertz CT molecular complexity index is 1610. The van der Waals surface area contributed by atoms with E-state index in [1.54, 1.807) is 23.2 Å². The molecule has 0 radical (unpaired) electrons. The summed E-state index contributed by atoms with van der Waals surface area (Å²) < 4.78 is 18.7. The summed E-state index contributed by atoms with van der Waals surface area (Å²) in [5, 5.41) is 0. The minimum absolute atomic E-state index is 0.00525. The van der Waals surface area contributed by atoms with E-state index in [1.807, 2.05) is 24.3 Å². The van der Waals surface area contributed by atoms with Crippen molar-refractivity contribution >= 4 is 51.7 Å². The Morgan fingerprint density at radius 3 is 2.76 bits per heavy atom. The number of nitrogens with zero attached hydrogens (tertiary/aromatic N) is 5. The first-order valence-corrected chi connectivity index (χ1v) is 15.0. The van der Waals surface area contributed by atoms with Gasteiger partial charge in [0.25, 0.3) is 11.5 Å². The topological polar surface area (TPSA) is 88.8 Å². The summed E-state index contributed by atoms with van der Waals surface area (Å²) in [7, 11) is 0. The zero-order valence-corrected chi connectivity index (χ0v) is 24.0. The number of ether oxygens (including phenoxy) is 3. The van der Waals surface area contributed by atoms with E-state index in [0.717, 1.165) is 49.5 Å². The van der Waals surface area contributed by atoms with Crippen molar-refractivity contribution in [2.24, 2.45) is 0 Å². The third kappa shape index (κ3) is 5.21. The second-order valence-electron chi connectivity index (χ2n) is 10.5. The van der Waals surface area contributed by atoms with Gasteiger partial charge in [-0.05, 0) is 48.7 Å². The molecule has 2 aromatic heterocycles. The summed E-state index contributed by atoms with van der Waals surface area (Å²) in [4.78, 5) is 38.6. The van der Waals surface area contributed by atoms with Crippen LogP contribution in [0.5, 0.6) is 11.5 Å². The SMILES string of the molecule is O=C1/C(=C/c2c(N3CCN(Cc4ccc5c(c4)OCO5)CC3)nc3ccccn3c2=O)SC(=S)N1CC1CCCO1. The Labute approximate surface area is 246 Å². The smallest absolute Gasteiger partial charge is 0.267 e. The average Bonchev–Trinajstić information content (AvgIpc) is 3.73. The van der Waals surface area contributed by atoms with E-state index in [-0.39, 0.29) is 24.4 Å². The lowest BCUT2D eigenvalue weighted by Gasteiger charge is -2.36. The van der Waals surface area contributed by atoms with Crippen LogP contribution in [0.15, 0.2) is 52.3 Å². The second kappa shape index (κ2) is 11.1. The van der Waals surface area contributed by atoms with Crippen LogP contribution >= 0.6 is 24.0 Å².